The number of sulfonamides is 1. The van der Waals surface area contributed by atoms with Gasteiger partial charge in [0.2, 0.25) is 10.0 Å². The van der Waals surface area contributed by atoms with Crippen molar-refractivity contribution in [3.05, 3.63) is 42.2 Å². The molecule has 0 saturated carbocycles. The molecule has 0 unspecified atom stereocenters. The Morgan fingerprint density at radius 1 is 1.05 bits per heavy atom. The van der Waals surface area contributed by atoms with Crippen LogP contribution in [0, 0.1) is 0 Å². The summed E-state index contributed by atoms with van der Waals surface area (Å²) in [5, 5.41) is 0. The molecule has 19 heavy (non-hydrogen) atoms. The number of rotatable bonds is 4. The third kappa shape index (κ3) is 2.59. The smallest absolute Gasteiger partial charge is 0.242 e. The number of carbonyl (C=O) groups excluding carboxylic acids is 1. The molecular weight excluding hydrogens is 266 g/mol. The molecule has 0 fully saturated rings. The van der Waals surface area contributed by atoms with Gasteiger partial charge < -0.3 is 4.42 Å². The van der Waals surface area contributed by atoms with Crippen LogP contribution < -0.4 is 0 Å². The molecule has 0 aliphatic heterocycles. The van der Waals surface area contributed by atoms with Crippen molar-refractivity contribution in [3.8, 4) is 11.3 Å². The first-order valence-corrected chi connectivity index (χ1v) is 6.97. The van der Waals surface area contributed by atoms with Crippen LogP contribution in [0.15, 0.2) is 45.7 Å². The molecule has 1 heterocycles. The van der Waals surface area contributed by atoms with Gasteiger partial charge in [0.25, 0.3) is 0 Å². The molecule has 0 saturated heterocycles. The van der Waals surface area contributed by atoms with Crippen LogP contribution in [0.5, 0.6) is 0 Å². The zero-order valence-corrected chi connectivity index (χ0v) is 11.3. The average Bonchev–Trinajstić information content (AvgIpc) is 2.87. The first-order valence-electron chi connectivity index (χ1n) is 5.53. The molecule has 2 aromatic rings. The van der Waals surface area contributed by atoms with E-state index in [1.807, 2.05) is 0 Å². The van der Waals surface area contributed by atoms with Crippen LogP contribution in [-0.2, 0) is 10.0 Å². The van der Waals surface area contributed by atoms with Gasteiger partial charge in [-0.1, -0.05) is 0 Å². The molecule has 0 radical (unpaired) electrons. The minimum absolute atomic E-state index is 0.211. The Morgan fingerprint density at radius 2 is 1.68 bits per heavy atom. The molecule has 1 aromatic heterocycles. The van der Waals surface area contributed by atoms with Gasteiger partial charge in [-0.2, -0.15) is 0 Å². The van der Waals surface area contributed by atoms with Crippen molar-refractivity contribution in [1.82, 2.24) is 4.31 Å². The summed E-state index contributed by atoms with van der Waals surface area (Å²) in [4.78, 5) is 10.7. The van der Waals surface area contributed by atoms with Crippen molar-refractivity contribution in [2.75, 3.05) is 14.1 Å². The molecule has 0 bridgehead atoms. The first-order chi connectivity index (χ1) is 8.95. The topological polar surface area (TPSA) is 67.6 Å². The van der Waals surface area contributed by atoms with Crippen LogP contribution in [0.3, 0.4) is 0 Å². The summed E-state index contributed by atoms with van der Waals surface area (Å²) in [6, 6.07) is 9.53. The van der Waals surface area contributed by atoms with E-state index in [9.17, 15) is 13.2 Å². The van der Waals surface area contributed by atoms with Gasteiger partial charge in [0, 0.05) is 19.7 Å². The summed E-state index contributed by atoms with van der Waals surface area (Å²) in [5.74, 6) is 0.760. The van der Waals surface area contributed by atoms with Gasteiger partial charge in [0.05, 0.1) is 4.90 Å². The zero-order valence-electron chi connectivity index (χ0n) is 10.5. The summed E-state index contributed by atoms with van der Waals surface area (Å²) in [6.07, 6.45) is 0.619. The molecule has 100 valence electrons. The summed E-state index contributed by atoms with van der Waals surface area (Å²) in [7, 11) is -0.472. The van der Waals surface area contributed by atoms with Gasteiger partial charge in [-0.15, -0.1) is 0 Å². The number of carbonyl (C=O) groups is 1. The fraction of sp³-hybridized carbons (Fsp3) is 0.154. The minimum Gasteiger partial charge on any atom is -0.453 e. The van der Waals surface area contributed by atoms with Crippen LogP contribution in [0.25, 0.3) is 11.3 Å². The van der Waals surface area contributed by atoms with Crippen molar-refractivity contribution < 1.29 is 17.6 Å². The Hall–Kier alpha value is -1.92. The number of nitrogens with zero attached hydrogens (tertiary/aromatic N) is 1. The second-order valence-corrected chi connectivity index (χ2v) is 6.28. The van der Waals surface area contributed by atoms with Crippen molar-refractivity contribution in [2.24, 2.45) is 0 Å². The van der Waals surface area contributed by atoms with Gasteiger partial charge in [0.1, 0.15) is 5.76 Å². The molecule has 1 aromatic carbocycles. The fourth-order valence-electron chi connectivity index (χ4n) is 1.57. The zero-order chi connectivity index (χ0) is 14.0. The quantitative estimate of drug-likeness (QED) is 0.803. The Morgan fingerprint density at radius 3 is 2.16 bits per heavy atom. The highest BCUT2D eigenvalue weighted by atomic mass is 32.2. The van der Waals surface area contributed by atoms with E-state index < -0.39 is 10.0 Å². The molecular formula is C13H13NO4S. The molecule has 0 aliphatic carbocycles. The summed E-state index contributed by atoms with van der Waals surface area (Å²) in [6.45, 7) is 0. The van der Waals surface area contributed by atoms with Crippen molar-refractivity contribution in [2.45, 2.75) is 4.90 Å². The number of aldehydes is 1. The minimum atomic E-state index is -3.43. The largest absolute Gasteiger partial charge is 0.453 e. The molecule has 2 rings (SSSR count). The third-order valence-electron chi connectivity index (χ3n) is 2.66. The number of hydrogen-bond donors (Lipinski definition) is 0. The maximum Gasteiger partial charge on any atom is 0.242 e. The van der Waals surface area contributed by atoms with Crippen LogP contribution in [0.2, 0.25) is 0 Å². The lowest BCUT2D eigenvalue weighted by atomic mass is 10.2. The van der Waals surface area contributed by atoms with Crippen molar-refractivity contribution in [1.29, 1.82) is 0 Å². The molecule has 0 amide bonds. The lowest BCUT2D eigenvalue weighted by Gasteiger charge is -2.11. The third-order valence-corrected chi connectivity index (χ3v) is 4.49. The van der Waals surface area contributed by atoms with Gasteiger partial charge >= 0.3 is 0 Å². The van der Waals surface area contributed by atoms with Crippen LogP contribution in [0.1, 0.15) is 10.6 Å². The molecule has 5 nitrogen and oxygen atoms in total. The summed E-state index contributed by atoms with van der Waals surface area (Å²) in [5.41, 5.74) is 0.714. The molecule has 0 aliphatic rings. The van der Waals surface area contributed by atoms with Gasteiger partial charge in [0.15, 0.2) is 12.0 Å². The van der Waals surface area contributed by atoms with E-state index in [2.05, 4.69) is 0 Å². The highest BCUT2D eigenvalue weighted by molar-refractivity contribution is 7.89. The van der Waals surface area contributed by atoms with Crippen LogP contribution in [0.4, 0.5) is 0 Å². The highest BCUT2D eigenvalue weighted by Crippen LogP contribution is 2.23. The standard InChI is InChI=1S/C13H13NO4S/c1-14(2)19(16,17)12-6-3-10(4-7-12)13-8-5-11(9-15)18-13/h3-9H,1-2H3. The SMILES string of the molecule is CN(C)S(=O)(=O)c1ccc(-c2ccc(C=O)o2)cc1. The predicted molar refractivity (Wildman–Crippen MR) is 70.4 cm³/mol. The Balaban J connectivity index is 2.36. The monoisotopic (exact) mass is 279 g/mol. The van der Waals surface area contributed by atoms with Crippen LogP contribution in [-0.4, -0.2) is 33.1 Å². The first kappa shape index (κ1) is 13.5. The van der Waals surface area contributed by atoms with E-state index in [-0.39, 0.29) is 10.7 Å². The number of furan rings is 1. The summed E-state index contributed by atoms with van der Waals surface area (Å²) >= 11 is 0. The van der Waals surface area contributed by atoms with Gasteiger partial charge in [-0.25, -0.2) is 12.7 Å². The van der Waals surface area contributed by atoms with Crippen molar-refractivity contribution >= 4 is 16.3 Å². The lowest BCUT2D eigenvalue weighted by Crippen LogP contribution is -2.22. The van der Waals surface area contributed by atoms with Crippen LogP contribution >= 0.6 is 0 Å². The number of benzene rings is 1. The second-order valence-electron chi connectivity index (χ2n) is 4.13. The lowest BCUT2D eigenvalue weighted by molar-refractivity contribution is 0.110. The van der Waals surface area contributed by atoms with Gasteiger partial charge in [-0.05, 0) is 36.4 Å². The average molecular weight is 279 g/mol. The normalized spacial score (nSPS) is 11.7. The van der Waals surface area contributed by atoms with Crippen molar-refractivity contribution in [3.63, 3.8) is 0 Å². The van der Waals surface area contributed by atoms with E-state index in [0.29, 0.717) is 17.6 Å². The highest BCUT2D eigenvalue weighted by Gasteiger charge is 2.17. The fourth-order valence-corrected chi connectivity index (χ4v) is 2.47. The Bertz CT molecular complexity index is 684. The van der Waals surface area contributed by atoms with E-state index in [1.54, 1.807) is 24.3 Å². The predicted octanol–water partition coefficient (Wildman–Crippen LogP) is 2.01. The molecule has 6 heteroatoms. The molecule has 0 N–H and O–H groups in total. The maximum absolute atomic E-state index is 11.9. The van der Waals surface area contributed by atoms with E-state index >= 15 is 0 Å². The Labute approximate surface area is 111 Å². The second kappa shape index (κ2) is 4.99. The van der Waals surface area contributed by atoms with E-state index in [0.717, 1.165) is 4.31 Å². The molecule has 0 atom stereocenters. The number of hydrogen-bond acceptors (Lipinski definition) is 4. The van der Waals surface area contributed by atoms with E-state index in [4.69, 9.17) is 4.42 Å². The van der Waals surface area contributed by atoms with E-state index in [1.165, 1.54) is 26.2 Å². The Kier molecular flexibility index (Phi) is 3.55. The molecule has 0 spiro atoms. The summed E-state index contributed by atoms with van der Waals surface area (Å²) < 4.78 is 30.2. The maximum atomic E-state index is 11.9. The van der Waals surface area contributed by atoms with Gasteiger partial charge in [-0.3, -0.25) is 4.79 Å².